The van der Waals surface area contributed by atoms with Gasteiger partial charge in [0.1, 0.15) is 5.56 Å². The van der Waals surface area contributed by atoms with Gasteiger partial charge in [0.15, 0.2) is 0 Å². The summed E-state index contributed by atoms with van der Waals surface area (Å²) in [6.07, 6.45) is 6.04. The number of aromatic nitrogens is 2. The maximum atomic E-state index is 12.0. The van der Waals surface area contributed by atoms with Gasteiger partial charge in [-0.3, -0.25) is 19.3 Å². The first-order valence-electron chi connectivity index (χ1n) is 8.10. The van der Waals surface area contributed by atoms with Crippen molar-refractivity contribution in [2.75, 3.05) is 6.54 Å². The highest BCUT2D eigenvalue weighted by molar-refractivity contribution is 6.00. The predicted molar refractivity (Wildman–Crippen MR) is 89.1 cm³/mol. The van der Waals surface area contributed by atoms with Crippen LogP contribution in [0.3, 0.4) is 0 Å². The third-order valence-electron chi connectivity index (χ3n) is 3.63. The van der Waals surface area contributed by atoms with Crippen molar-refractivity contribution in [1.82, 2.24) is 9.55 Å². The summed E-state index contributed by atoms with van der Waals surface area (Å²) in [5.41, 5.74) is -0.577. The lowest BCUT2D eigenvalue weighted by atomic mass is 10.2. The van der Waals surface area contributed by atoms with E-state index >= 15 is 0 Å². The molecule has 1 aromatic heterocycles. The van der Waals surface area contributed by atoms with Gasteiger partial charge in [-0.05, 0) is 19.8 Å². The molecule has 0 bridgehead atoms. The minimum Gasteiger partial charge on any atom is -0.494 e. The monoisotopic (exact) mass is 309 g/mol. The molecule has 6 heteroatoms. The Hall–Kier alpha value is -1.85. The zero-order valence-electron chi connectivity index (χ0n) is 13.8. The van der Waals surface area contributed by atoms with E-state index in [1.165, 1.54) is 11.0 Å². The molecule has 2 N–H and O–H groups in total. The van der Waals surface area contributed by atoms with Gasteiger partial charge in [-0.1, -0.05) is 39.5 Å². The van der Waals surface area contributed by atoms with Gasteiger partial charge >= 0.3 is 5.69 Å². The molecule has 0 saturated heterocycles. The molecule has 0 aliphatic carbocycles. The number of hydrogen-bond acceptors (Lipinski definition) is 4. The Kier molecular flexibility index (Phi) is 7.63. The van der Waals surface area contributed by atoms with E-state index in [4.69, 9.17) is 0 Å². The Balaban J connectivity index is 3.00. The fourth-order valence-electron chi connectivity index (χ4n) is 2.27. The minimum atomic E-state index is -0.579. The number of hydrogen-bond donors (Lipinski definition) is 2. The molecule has 0 unspecified atom stereocenters. The Labute approximate surface area is 130 Å². The van der Waals surface area contributed by atoms with Crippen LogP contribution in [0.25, 0.3) is 0 Å². The van der Waals surface area contributed by atoms with Gasteiger partial charge in [-0.25, -0.2) is 4.79 Å². The van der Waals surface area contributed by atoms with Gasteiger partial charge in [0.05, 0.1) is 0 Å². The average Bonchev–Trinajstić information content (AvgIpc) is 2.46. The zero-order chi connectivity index (χ0) is 16.5. The van der Waals surface area contributed by atoms with Gasteiger partial charge in [-0.15, -0.1) is 0 Å². The van der Waals surface area contributed by atoms with Crippen LogP contribution < -0.4 is 11.2 Å². The molecule has 6 nitrogen and oxygen atoms in total. The Morgan fingerprint density at radius 2 is 1.82 bits per heavy atom. The summed E-state index contributed by atoms with van der Waals surface area (Å²) >= 11 is 0. The summed E-state index contributed by atoms with van der Waals surface area (Å²) in [5, 5.41) is 10.3. The summed E-state index contributed by atoms with van der Waals surface area (Å²) in [5.74, 6) is -0.281. The van der Waals surface area contributed by atoms with Crippen molar-refractivity contribution in [3.05, 3.63) is 26.4 Å². The van der Waals surface area contributed by atoms with E-state index in [2.05, 4.69) is 16.9 Å². The molecule has 0 aliphatic heterocycles. The third kappa shape index (κ3) is 4.86. The fourth-order valence-corrected chi connectivity index (χ4v) is 2.27. The van der Waals surface area contributed by atoms with Crippen molar-refractivity contribution < 1.29 is 5.11 Å². The van der Waals surface area contributed by atoms with Crippen molar-refractivity contribution >= 4 is 5.71 Å². The molecule has 0 aliphatic rings. The van der Waals surface area contributed by atoms with Crippen LogP contribution in [0.15, 0.2) is 14.6 Å². The van der Waals surface area contributed by atoms with Crippen LogP contribution in [0, 0.1) is 0 Å². The van der Waals surface area contributed by atoms with E-state index in [-0.39, 0.29) is 11.4 Å². The standard InChI is InChI=1S/C16H27N3O3/c1-4-6-8-9-10-17-12(3)13-14(20)18-16(22)19(15(13)21)11-7-5-2/h21H,4-11H2,1-3H3,(H,18,20,22). The Morgan fingerprint density at radius 3 is 2.45 bits per heavy atom. The lowest BCUT2D eigenvalue weighted by Gasteiger charge is -2.10. The van der Waals surface area contributed by atoms with Crippen molar-refractivity contribution in [1.29, 1.82) is 0 Å². The number of aromatic amines is 1. The number of aromatic hydroxyl groups is 1. The van der Waals surface area contributed by atoms with Crippen LogP contribution in [0.5, 0.6) is 5.88 Å². The zero-order valence-corrected chi connectivity index (χ0v) is 13.8. The number of aliphatic imine (C=N–C) groups is 1. The number of unbranched alkanes of at least 4 members (excludes halogenated alkanes) is 4. The highest BCUT2D eigenvalue weighted by Gasteiger charge is 2.16. The first-order valence-corrected chi connectivity index (χ1v) is 8.10. The van der Waals surface area contributed by atoms with Gasteiger partial charge in [0, 0.05) is 18.8 Å². The maximum absolute atomic E-state index is 12.0. The van der Waals surface area contributed by atoms with E-state index in [1.54, 1.807) is 6.92 Å². The van der Waals surface area contributed by atoms with E-state index < -0.39 is 11.2 Å². The lowest BCUT2D eigenvalue weighted by molar-refractivity contribution is 0.394. The molecule has 0 amide bonds. The molecule has 1 heterocycles. The molecule has 0 spiro atoms. The van der Waals surface area contributed by atoms with E-state index in [9.17, 15) is 14.7 Å². The van der Waals surface area contributed by atoms with Crippen LogP contribution in [-0.4, -0.2) is 26.9 Å². The number of H-pyrrole nitrogens is 1. The molecule has 1 rings (SSSR count). The topological polar surface area (TPSA) is 87.4 Å². The normalized spacial score (nSPS) is 11.9. The molecule has 124 valence electrons. The van der Waals surface area contributed by atoms with Crippen molar-refractivity contribution in [2.24, 2.45) is 4.99 Å². The molecule has 0 fully saturated rings. The lowest BCUT2D eigenvalue weighted by Crippen LogP contribution is -2.33. The van der Waals surface area contributed by atoms with Crippen LogP contribution in [-0.2, 0) is 6.54 Å². The summed E-state index contributed by atoms with van der Waals surface area (Å²) in [6, 6.07) is 0. The summed E-state index contributed by atoms with van der Waals surface area (Å²) in [6.45, 7) is 6.84. The van der Waals surface area contributed by atoms with E-state index in [0.29, 0.717) is 18.8 Å². The minimum absolute atomic E-state index is 0.103. The van der Waals surface area contributed by atoms with E-state index in [0.717, 1.165) is 32.1 Å². The molecule has 0 aromatic carbocycles. The molecule has 0 saturated carbocycles. The van der Waals surface area contributed by atoms with Crippen LogP contribution in [0.1, 0.15) is 64.9 Å². The maximum Gasteiger partial charge on any atom is 0.331 e. The smallest absolute Gasteiger partial charge is 0.331 e. The van der Waals surface area contributed by atoms with Crippen molar-refractivity contribution in [3.63, 3.8) is 0 Å². The van der Waals surface area contributed by atoms with Crippen LogP contribution in [0.4, 0.5) is 0 Å². The van der Waals surface area contributed by atoms with Gasteiger partial charge in [-0.2, -0.15) is 0 Å². The SMILES string of the molecule is CCCCCCN=C(C)c1c(O)n(CCCC)c(=O)[nH]c1=O. The third-order valence-corrected chi connectivity index (χ3v) is 3.63. The van der Waals surface area contributed by atoms with Crippen LogP contribution in [0.2, 0.25) is 0 Å². The Morgan fingerprint density at radius 1 is 1.14 bits per heavy atom. The first kappa shape index (κ1) is 18.2. The highest BCUT2D eigenvalue weighted by Crippen LogP contribution is 2.12. The summed E-state index contributed by atoms with van der Waals surface area (Å²) in [4.78, 5) is 30.4. The predicted octanol–water partition coefficient (Wildman–Crippen LogP) is 2.43. The second kappa shape index (κ2) is 9.23. The van der Waals surface area contributed by atoms with Crippen molar-refractivity contribution in [2.45, 2.75) is 65.8 Å². The first-order chi connectivity index (χ1) is 10.5. The second-order valence-corrected chi connectivity index (χ2v) is 5.49. The summed E-state index contributed by atoms with van der Waals surface area (Å²) < 4.78 is 1.20. The fraction of sp³-hybridized carbons (Fsp3) is 0.688. The molecule has 0 atom stereocenters. The molecular formula is C16H27N3O3. The highest BCUT2D eigenvalue weighted by atomic mass is 16.3. The summed E-state index contributed by atoms with van der Waals surface area (Å²) in [7, 11) is 0. The number of nitrogens with one attached hydrogen (secondary N) is 1. The number of nitrogens with zero attached hydrogens (tertiary/aromatic N) is 2. The second-order valence-electron chi connectivity index (χ2n) is 5.49. The van der Waals surface area contributed by atoms with Gasteiger partial charge in [0.2, 0.25) is 5.88 Å². The van der Waals surface area contributed by atoms with Gasteiger partial charge in [0.25, 0.3) is 5.56 Å². The number of rotatable bonds is 9. The molecule has 22 heavy (non-hydrogen) atoms. The molecule has 1 aromatic rings. The van der Waals surface area contributed by atoms with Crippen LogP contribution >= 0.6 is 0 Å². The Bertz CT molecular complexity index is 614. The molecule has 0 radical (unpaired) electrons. The average molecular weight is 309 g/mol. The molecular weight excluding hydrogens is 282 g/mol. The largest absolute Gasteiger partial charge is 0.494 e. The van der Waals surface area contributed by atoms with E-state index in [1.807, 2.05) is 6.92 Å². The van der Waals surface area contributed by atoms with Crippen molar-refractivity contribution in [3.8, 4) is 5.88 Å². The quantitative estimate of drug-likeness (QED) is 0.542. The van der Waals surface area contributed by atoms with Gasteiger partial charge < -0.3 is 5.11 Å².